The number of carbonyl (C=O) groups is 1. The number of aromatic nitrogens is 2. The Kier molecular flexibility index (Phi) is 11.8. The number of hydrogen-bond acceptors (Lipinski definition) is 8. The number of aryl methyl sites for hydroxylation is 1. The summed E-state index contributed by atoms with van der Waals surface area (Å²) in [5.74, 6) is -0.0443. The average Bonchev–Trinajstić information content (AvgIpc) is 3.46. The van der Waals surface area contributed by atoms with Crippen LogP contribution in [-0.4, -0.2) is 70.8 Å². The van der Waals surface area contributed by atoms with E-state index in [2.05, 4.69) is 35.6 Å². The molecule has 10 nitrogen and oxygen atoms in total. The molecule has 14 heteroatoms. The molecule has 4 rings (SSSR count). The third kappa shape index (κ3) is 9.66. The van der Waals surface area contributed by atoms with Crippen molar-refractivity contribution in [2.24, 2.45) is 11.3 Å². The fraction of sp³-hybridized carbons (Fsp3) is 0.719. The summed E-state index contributed by atoms with van der Waals surface area (Å²) >= 11 is 0. The lowest BCUT2D eigenvalue weighted by atomic mass is 9.79. The Hall–Kier alpha value is -2.71. The fourth-order valence-electron chi connectivity index (χ4n) is 6.46. The van der Waals surface area contributed by atoms with E-state index in [0.717, 1.165) is 32.1 Å². The molecule has 3 heterocycles. The van der Waals surface area contributed by atoms with Crippen molar-refractivity contribution < 1.29 is 45.5 Å². The van der Waals surface area contributed by atoms with Crippen LogP contribution in [0.4, 0.5) is 13.2 Å². The van der Waals surface area contributed by atoms with Crippen LogP contribution in [0.15, 0.2) is 28.8 Å². The molecule has 1 N–H and O–H groups in total. The number of benzene rings is 1. The van der Waals surface area contributed by atoms with Crippen molar-refractivity contribution in [3.63, 3.8) is 0 Å². The molecule has 2 aliphatic heterocycles. The van der Waals surface area contributed by atoms with Crippen molar-refractivity contribution in [3.8, 4) is 17.1 Å². The second-order valence-corrected chi connectivity index (χ2v) is 16.0. The second-order valence-electron chi connectivity index (χ2n) is 13.6. The first-order chi connectivity index (χ1) is 21.6. The number of rotatable bonds is 14. The number of hydrogen-bond donors (Lipinski definition) is 1. The lowest BCUT2D eigenvalue weighted by molar-refractivity contribution is -0.274. The number of alkyl halides is 3. The van der Waals surface area contributed by atoms with Crippen molar-refractivity contribution >= 4 is 16.0 Å². The van der Waals surface area contributed by atoms with Gasteiger partial charge in [-0.25, -0.2) is 12.7 Å². The lowest BCUT2D eigenvalue weighted by Crippen LogP contribution is -2.56. The molecule has 2 aromatic rings. The normalized spacial score (nSPS) is 22.2. The predicted octanol–water partition coefficient (Wildman–Crippen LogP) is 7.00. The van der Waals surface area contributed by atoms with Gasteiger partial charge in [-0.1, -0.05) is 45.2 Å². The van der Waals surface area contributed by atoms with Crippen LogP contribution in [0, 0.1) is 11.3 Å². The molecule has 0 spiro atoms. The number of halogens is 3. The molecule has 0 radical (unpaired) electrons. The molecule has 258 valence electrons. The third-order valence-electron chi connectivity index (χ3n) is 9.20. The number of sulfonamides is 1. The van der Waals surface area contributed by atoms with Gasteiger partial charge in [0.1, 0.15) is 5.75 Å². The molecule has 2 unspecified atom stereocenters. The largest absolute Gasteiger partial charge is 0.573 e. The highest BCUT2D eigenvalue weighted by molar-refractivity contribution is 7.90. The third-order valence-corrected chi connectivity index (χ3v) is 11.9. The number of carboxylic acid groups (broad SMARTS) is 1. The smallest absolute Gasteiger partial charge is 0.481 e. The molecule has 1 aromatic carbocycles. The van der Waals surface area contributed by atoms with Gasteiger partial charge in [-0.2, -0.15) is 4.98 Å². The SMILES string of the molecule is CC(C)(C)C1CC(CCCCC(=O)O)(S(=O)(=O)N2CCC(CCCCc3nc(-c4ccc(OC(F)(F)F)cc4)no3)CC2)CCO1. The summed E-state index contributed by atoms with van der Waals surface area (Å²) in [6.07, 6.45) is 2.17. The first kappa shape index (κ1) is 36.1. The van der Waals surface area contributed by atoms with E-state index in [1.54, 1.807) is 4.31 Å². The number of piperidine rings is 1. The van der Waals surface area contributed by atoms with Crippen molar-refractivity contribution in [1.82, 2.24) is 14.4 Å². The molecule has 1 aromatic heterocycles. The Bertz CT molecular complexity index is 1380. The van der Waals surface area contributed by atoms with Gasteiger partial charge in [-0.05, 0) is 80.5 Å². The zero-order valence-corrected chi connectivity index (χ0v) is 27.7. The summed E-state index contributed by atoms with van der Waals surface area (Å²) < 4.78 is 81.6. The molecule has 2 fully saturated rings. The number of unbranched alkanes of at least 4 members (excludes halogenated alkanes) is 2. The Morgan fingerprint density at radius 2 is 1.78 bits per heavy atom. The van der Waals surface area contributed by atoms with E-state index in [0.29, 0.717) is 81.4 Å². The Morgan fingerprint density at radius 3 is 2.41 bits per heavy atom. The van der Waals surface area contributed by atoms with Crippen LogP contribution >= 0.6 is 0 Å². The minimum absolute atomic E-state index is 0.0341. The summed E-state index contributed by atoms with van der Waals surface area (Å²) in [5.41, 5.74) is 0.307. The van der Waals surface area contributed by atoms with Gasteiger partial charge in [0.15, 0.2) is 0 Å². The van der Waals surface area contributed by atoms with E-state index in [1.807, 2.05) is 0 Å². The molecule has 2 atom stereocenters. The number of carboxylic acids is 1. The van der Waals surface area contributed by atoms with Gasteiger partial charge >= 0.3 is 12.3 Å². The second kappa shape index (κ2) is 15.0. The number of nitrogens with zero attached hydrogens (tertiary/aromatic N) is 3. The van der Waals surface area contributed by atoms with E-state index in [9.17, 15) is 26.4 Å². The van der Waals surface area contributed by atoms with Crippen molar-refractivity contribution in [3.05, 3.63) is 30.2 Å². The first-order valence-electron chi connectivity index (χ1n) is 16.1. The van der Waals surface area contributed by atoms with E-state index in [4.69, 9.17) is 14.4 Å². The Balaban J connectivity index is 1.26. The minimum Gasteiger partial charge on any atom is -0.481 e. The van der Waals surface area contributed by atoms with E-state index in [1.165, 1.54) is 24.3 Å². The predicted molar refractivity (Wildman–Crippen MR) is 164 cm³/mol. The van der Waals surface area contributed by atoms with Crippen molar-refractivity contribution in [2.45, 2.75) is 115 Å². The molecule has 0 aliphatic carbocycles. The van der Waals surface area contributed by atoms with E-state index >= 15 is 0 Å². The molecule has 0 saturated carbocycles. The maximum absolute atomic E-state index is 14.2. The maximum atomic E-state index is 14.2. The van der Waals surface area contributed by atoms with Gasteiger partial charge in [-0.15, -0.1) is 13.2 Å². The lowest BCUT2D eigenvalue weighted by Gasteiger charge is -2.47. The standard InChI is InChI=1S/C32H46F3N3O7S/c1-30(2,3)26-22-31(18-21-43-26,17-7-6-10-28(39)40)46(41,42)38-19-15-23(16-20-38)8-4-5-9-27-36-29(37-45-27)24-11-13-25(14-12-24)44-32(33,34)35/h11-14,23,26H,4-10,15-22H2,1-3H3,(H,39,40). The van der Waals surface area contributed by atoms with Crippen molar-refractivity contribution in [2.75, 3.05) is 19.7 Å². The van der Waals surface area contributed by atoms with Crippen LogP contribution in [-0.2, 0) is 26.0 Å². The van der Waals surface area contributed by atoms with Crippen molar-refractivity contribution in [1.29, 1.82) is 0 Å². The fourth-order valence-corrected chi connectivity index (χ4v) is 8.80. The molecular weight excluding hydrogens is 627 g/mol. The summed E-state index contributed by atoms with van der Waals surface area (Å²) in [5, 5.41) is 13.0. The molecule has 46 heavy (non-hydrogen) atoms. The van der Waals surface area contributed by atoms with Crippen LogP contribution < -0.4 is 4.74 Å². The maximum Gasteiger partial charge on any atom is 0.573 e. The summed E-state index contributed by atoms with van der Waals surface area (Å²) in [6, 6.07) is 5.27. The van der Waals surface area contributed by atoms with Crippen LogP contribution in [0.25, 0.3) is 11.4 Å². The highest BCUT2D eigenvalue weighted by atomic mass is 32.2. The van der Waals surface area contributed by atoms with Crippen LogP contribution in [0.2, 0.25) is 0 Å². The number of aliphatic carboxylic acids is 1. The quantitative estimate of drug-likeness (QED) is 0.211. The molecular formula is C32H46F3N3O7S. The Morgan fingerprint density at radius 1 is 1.09 bits per heavy atom. The summed E-state index contributed by atoms with van der Waals surface area (Å²) in [7, 11) is -3.64. The first-order valence-corrected chi connectivity index (χ1v) is 17.5. The number of ether oxygens (including phenoxy) is 2. The highest BCUT2D eigenvalue weighted by Gasteiger charge is 2.52. The van der Waals surface area contributed by atoms with E-state index in [-0.39, 0.29) is 23.7 Å². The summed E-state index contributed by atoms with van der Waals surface area (Å²) in [4.78, 5) is 15.4. The Labute approximate surface area is 269 Å². The zero-order valence-electron chi connectivity index (χ0n) is 26.9. The highest BCUT2D eigenvalue weighted by Crippen LogP contribution is 2.44. The molecule has 0 bridgehead atoms. The minimum atomic E-state index is -4.76. The van der Waals surface area contributed by atoms with Gasteiger partial charge < -0.3 is 19.1 Å². The van der Waals surface area contributed by atoms with Gasteiger partial charge in [0, 0.05) is 38.1 Å². The molecule has 2 aliphatic rings. The monoisotopic (exact) mass is 673 g/mol. The van der Waals surface area contributed by atoms with Crippen LogP contribution in [0.5, 0.6) is 5.75 Å². The van der Waals surface area contributed by atoms with Crippen LogP contribution in [0.1, 0.15) is 97.3 Å². The van der Waals surface area contributed by atoms with Gasteiger partial charge in [0.05, 0.1) is 10.9 Å². The van der Waals surface area contributed by atoms with E-state index < -0.39 is 27.1 Å². The zero-order chi connectivity index (χ0) is 33.6. The summed E-state index contributed by atoms with van der Waals surface area (Å²) in [6.45, 7) is 7.52. The van der Waals surface area contributed by atoms with Crippen LogP contribution in [0.3, 0.4) is 0 Å². The molecule has 0 amide bonds. The van der Waals surface area contributed by atoms with Gasteiger partial charge in [0.2, 0.25) is 21.7 Å². The topological polar surface area (TPSA) is 132 Å². The average molecular weight is 674 g/mol. The molecule has 2 saturated heterocycles. The van der Waals surface area contributed by atoms with Gasteiger partial charge in [-0.3, -0.25) is 4.79 Å². The van der Waals surface area contributed by atoms with Gasteiger partial charge in [0.25, 0.3) is 0 Å².